The lowest BCUT2D eigenvalue weighted by atomic mass is 10.1. The molecule has 2 aromatic carbocycles. The highest BCUT2D eigenvalue weighted by Crippen LogP contribution is 2.36. The van der Waals surface area contributed by atoms with Crippen molar-refractivity contribution in [3.8, 4) is 17.2 Å². The summed E-state index contributed by atoms with van der Waals surface area (Å²) in [5.41, 5.74) is 2.25. The molecule has 0 bridgehead atoms. The maximum absolute atomic E-state index is 12.0. The van der Waals surface area contributed by atoms with E-state index < -0.39 is 10.8 Å². The molecule has 25 heavy (non-hydrogen) atoms. The lowest BCUT2D eigenvalue weighted by Gasteiger charge is -2.04. The molecule has 10 heteroatoms. The van der Waals surface area contributed by atoms with Crippen LogP contribution in [0.2, 0.25) is 0 Å². The van der Waals surface area contributed by atoms with E-state index in [0.717, 1.165) is 18.2 Å². The second kappa shape index (κ2) is 6.77. The van der Waals surface area contributed by atoms with Crippen molar-refractivity contribution >= 4 is 33.7 Å². The van der Waals surface area contributed by atoms with Gasteiger partial charge in [0.25, 0.3) is 11.6 Å². The van der Waals surface area contributed by atoms with Gasteiger partial charge in [0.15, 0.2) is 11.5 Å². The number of carbonyl (C=O) groups excluding carboxylic acids is 1. The number of hydrogen-bond acceptors (Lipinski definition) is 7. The topological polar surface area (TPSA) is 123 Å². The minimum Gasteiger partial charge on any atom is -0.507 e. The number of nitrogens with one attached hydrogen (secondary N) is 1. The molecule has 3 rings (SSSR count). The molecule has 2 aromatic rings. The van der Waals surface area contributed by atoms with E-state index in [0.29, 0.717) is 21.5 Å². The monoisotopic (exact) mass is 407 g/mol. The molecule has 1 aliphatic rings. The number of non-ortho nitro benzene ring substituents is 1. The minimum atomic E-state index is -0.783. The lowest BCUT2D eigenvalue weighted by molar-refractivity contribution is -0.384. The number of ether oxygens (including phenoxy) is 2. The summed E-state index contributed by atoms with van der Waals surface area (Å²) >= 11 is 3.34. The van der Waals surface area contributed by atoms with Gasteiger partial charge in [-0.2, -0.15) is 5.10 Å². The third-order valence-corrected chi connectivity index (χ3v) is 3.98. The number of nitro groups is 1. The lowest BCUT2D eigenvalue weighted by Crippen LogP contribution is -2.18. The van der Waals surface area contributed by atoms with Gasteiger partial charge in [-0.15, -0.1) is 0 Å². The van der Waals surface area contributed by atoms with Crippen molar-refractivity contribution in [1.29, 1.82) is 0 Å². The molecule has 0 aromatic heterocycles. The number of carbonyl (C=O) groups is 1. The number of hydrazone groups is 1. The van der Waals surface area contributed by atoms with E-state index in [-0.39, 0.29) is 23.8 Å². The normalized spacial score (nSPS) is 12.4. The van der Waals surface area contributed by atoms with E-state index in [1.165, 1.54) is 6.21 Å². The minimum absolute atomic E-state index is 0.130. The van der Waals surface area contributed by atoms with Gasteiger partial charge in [-0.25, -0.2) is 5.43 Å². The number of nitro benzene ring substituents is 1. The number of phenols is 1. The van der Waals surface area contributed by atoms with Gasteiger partial charge in [0.1, 0.15) is 5.75 Å². The molecule has 0 radical (unpaired) electrons. The fourth-order valence-corrected chi connectivity index (χ4v) is 2.50. The van der Waals surface area contributed by atoms with Crippen LogP contribution in [0.1, 0.15) is 15.9 Å². The smallest absolute Gasteiger partial charge is 0.275 e. The van der Waals surface area contributed by atoms with Crippen LogP contribution in [-0.2, 0) is 0 Å². The predicted octanol–water partition coefficient (Wildman–Crippen LogP) is 2.56. The van der Waals surface area contributed by atoms with Crippen molar-refractivity contribution in [2.75, 3.05) is 6.79 Å². The number of fused-ring (bicyclic) bond motifs is 1. The average molecular weight is 408 g/mol. The third kappa shape index (κ3) is 3.53. The number of halogens is 1. The first kappa shape index (κ1) is 16.7. The maximum Gasteiger partial charge on any atom is 0.275 e. The standard InChI is InChI=1S/C15H10BrN3O6/c16-11-5-14-13(24-7-25-14)3-8(11)6-17-18-15(21)10-4-9(19(22)23)1-2-12(10)20/h1-6,20H,7H2,(H,18,21). The Balaban J connectivity index is 1.76. The average Bonchev–Trinajstić information content (AvgIpc) is 3.02. The SMILES string of the molecule is O=C(NN=Cc1cc2c(cc1Br)OCO2)c1cc([N+](=O)[O-])ccc1O. The van der Waals surface area contributed by atoms with Crippen LogP contribution >= 0.6 is 15.9 Å². The van der Waals surface area contributed by atoms with E-state index in [2.05, 4.69) is 26.5 Å². The van der Waals surface area contributed by atoms with E-state index in [4.69, 9.17) is 9.47 Å². The molecule has 1 amide bonds. The van der Waals surface area contributed by atoms with Gasteiger partial charge >= 0.3 is 0 Å². The number of nitrogens with zero attached hydrogens (tertiary/aromatic N) is 2. The van der Waals surface area contributed by atoms with E-state index in [1.807, 2.05) is 0 Å². The largest absolute Gasteiger partial charge is 0.507 e. The van der Waals surface area contributed by atoms with Crippen molar-refractivity contribution in [3.63, 3.8) is 0 Å². The van der Waals surface area contributed by atoms with Crippen molar-refractivity contribution in [3.05, 3.63) is 56.0 Å². The Morgan fingerprint density at radius 2 is 2.04 bits per heavy atom. The number of benzene rings is 2. The van der Waals surface area contributed by atoms with Crippen LogP contribution in [0.25, 0.3) is 0 Å². The first-order valence-electron chi connectivity index (χ1n) is 6.85. The van der Waals surface area contributed by atoms with Crippen LogP contribution in [0.4, 0.5) is 5.69 Å². The van der Waals surface area contributed by atoms with Crippen LogP contribution < -0.4 is 14.9 Å². The third-order valence-electron chi connectivity index (χ3n) is 3.30. The van der Waals surface area contributed by atoms with Crippen molar-refractivity contribution in [1.82, 2.24) is 5.43 Å². The summed E-state index contributed by atoms with van der Waals surface area (Å²) in [4.78, 5) is 22.1. The van der Waals surface area contributed by atoms with E-state index in [9.17, 15) is 20.0 Å². The molecular formula is C15H10BrN3O6. The van der Waals surface area contributed by atoms with Crippen molar-refractivity contribution in [2.24, 2.45) is 5.10 Å². The molecule has 9 nitrogen and oxygen atoms in total. The molecule has 0 spiro atoms. The van der Waals surface area contributed by atoms with Crippen LogP contribution in [0.15, 0.2) is 39.9 Å². The van der Waals surface area contributed by atoms with Gasteiger partial charge in [-0.3, -0.25) is 14.9 Å². The number of hydrogen-bond donors (Lipinski definition) is 2. The van der Waals surface area contributed by atoms with Crippen LogP contribution in [0.5, 0.6) is 17.2 Å². The summed E-state index contributed by atoms with van der Waals surface area (Å²) in [5, 5.41) is 24.2. The van der Waals surface area contributed by atoms with Gasteiger partial charge in [-0.1, -0.05) is 0 Å². The molecule has 0 saturated carbocycles. The van der Waals surface area contributed by atoms with Crippen LogP contribution in [0.3, 0.4) is 0 Å². The molecule has 128 valence electrons. The van der Waals surface area contributed by atoms with Gasteiger partial charge in [0, 0.05) is 22.2 Å². The molecular weight excluding hydrogens is 398 g/mol. The summed E-state index contributed by atoms with van der Waals surface area (Å²) in [6.45, 7) is 0.130. The molecule has 0 aliphatic carbocycles. The Morgan fingerprint density at radius 3 is 2.76 bits per heavy atom. The summed E-state index contributed by atoms with van der Waals surface area (Å²) in [6.07, 6.45) is 1.36. The molecule has 2 N–H and O–H groups in total. The molecule has 0 unspecified atom stereocenters. The molecule has 0 atom stereocenters. The van der Waals surface area contributed by atoms with Crippen molar-refractivity contribution < 1.29 is 24.3 Å². The Morgan fingerprint density at radius 1 is 1.32 bits per heavy atom. The second-order valence-corrected chi connectivity index (χ2v) is 5.74. The summed E-state index contributed by atoms with van der Waals surface area (Å²) < 4.78 is 11.2. The number of phenolic OH excluding ortho intramolecular Hbond substituents is 1. The first-order valence-corrected chi connectivity index (χ1v) is 7.65. The first-order chi connectivity index (χ1) is 12.0. The zero-order valence-electron chi connectivity index (χ0n) is 12.4. The Bertz CT molecular complexity index is 899. The number of aromatic hydroxyl groups is 1. The number of rotatable bonds is 4. The highest BCUT2D eigenvalue weighted by Gasteiger charge is 2.17. The van der Waals surface area contributed by atoms with E-state index in [1.54, 1.807) is 12.1 Å². The van der Waals surface area contributed by atoms with Crippen LogP contribution in [-0.4, -0.2) is 28.9 Å². The van der Waals surface area contributed by atoms with Crippen molar-refractivity contribution in [2.45, 2.75) is 0 Å². The molecule has 1 aliphatic heterocycles. The zero-order valence-corrected chi connectivity index (χ0v) is 14.0. The van der Waals surface area contributed by atoms with Gasteiger partial charge < -0.3 is 14.6 Å². The Hall–Kier alpha value is -3.14. The van der Waals surface area contributed by atoms with Gasteiger partial charge in [0.05, 0.1) is 16.7 Å². The quantitative estimate of drug-likeness (QED) is 0.455. The predicted molar refractivity (Wildman–Crippen MR) is 90.1 cm³/mol. The summed E-state index contributed by atoms with van der Waals surface area (Å²) in [5.74, 6) is -0.0289. The summed E-state index contributed by atoms with van der Waals surface area (Å²) in [7, 11) is 0. The van der Waals surface area contributed by atoms with Crippen LogP contribution in [0, 0.1) is 10.1 Å². The maximum atomic E-state index is 12.0. The zero-order chi connectivity index (χ0) is 18.0. The Kier molecular flexibility index (Phi) is 4.52. The Labute approximate surface area is 149 Å². The number of amides is 1. The molecule has 0 fully saturated rings. The highest BCUT2D eigenvalue weighted by molar-refractivity contribution is 9.10. The molecule has 0 saturated heterocycles. The van der Waals surface area contributed by atoms with E-state index >= 15 is 0 Å². The van der Waals surface area contributed by atoms with Gasteiger partial charge in [-0.05, 0) is 34.1 Å². The highest BCUT2D eigenvalue weighted by atomic mass is 79.9. The molecule has 1 heterocycles. The fourth-order valence-electron chi connectivity index (χ4n) is 2.07. The second-order valence-electron chi connectivity index (χ2n) is 4.88. The van der Waals surface area contributed by atoms with Gasteiger partial charge in [0.2, 0.25) is 6.79 Å². The fraction of sp³-hybridized carbons (Fsp3) is 0.0667. The summed E-state index contributed by atoms with van der Waals surface area (Å²) in [6, 6.07) is 6.52.